The van der Waals surface area contributed by atoms with Crippen molar-refractivity contribution in [2.45, 2.75) is 26.4 Å². The molecule has 0 fully saturated rings. The number of anilines is 1. The summed E-state index contributed by atoms with van der Waals surface area (Å²) in [6, 6.07) is 15.0. The molecule has 1 amide bonds. The number of aromatic nitrogens is 1. The fourth-order valence-corrected chi connectivity index (χ4v) is 3.35. The number of hydrogen-bond acceptors (Lipinski definition) is 5. The Morgan fingerprint density at radius 3 is 2.64 bits per heavy atom. The van der Waals surface area contributed by atoms with Crippen molar-refractivity contribution in [1.82, 2.24) is 4.98 Å². The third kappa shape index (κ3) is 4.89. The summed E-state index contributed by atoms with van der Waals surface area (Å²) in [6.45, 7) is 3.15. The molecule has 1 heterocycles. The van der Waals surface area contributed by atoms with Crippen molar-refractivity contribution in [3.63, 3.8) is 0 Å². The Hall–Kier alpha value is -2.86. The van der Waals surface area contributed by atoms with Gasteiger partial charge in [0.15, 0.2) is 11.5 Å². The van der Waals surface area contributed by atoms with Crippen LogP contribution in [0.25, 0.3) is 0 Å². The number of methoxy groups -OCH3 is 1. The van der Waals surface area contributed by atoms with Crippen LogP contribution in [0.15, 0.2) is 59.4 Å². The molecular weight excluding hydrogens is 372 g/mol. The van der Waals surface area contributed by atoms with Gasteiger partial charge in [-0.2, -0.15) is 0 Å². The Morgan fingerprint density at radius 2 is 1.96 bits per heavy atom. The van der Waals surface area contributed by atoms with Gasteiger partial charge in [0.2, 0.25) is 0 Å². The Balaban J connectivity index is 1.81. The van der Waals surface area contributed by atoms with Gasteiger partial charge in [-0.3, -0.25) is 4.79 Å². The van der Waals surface area contributed by atoms with E-state index in [0.717, 1.165) is 24.2 Å². The second-order valence-electron chi connectivity index (χ2n) is 6.28. The molecule has 0 aliphatic rings. The van der Waals surface area contributed by atoms with Gasteiger partial charge in [-0.1, -0.05) is 31.5 Å². The molecule has 28 heavy (non-hydrogen) atoms. The van der Waals surface area contributed by atoms with Crippen LogP contribution < -0.4 is 14.4 Å². The van der Waals surface area contributed by atoms with Crippen LogP contribution in [-0.4, -0.2) is 24.5 Å². The lowest BCUT2D eigenvalue weighted by molar-refractivity contribution is 0.0986. The number of ether oxygens (including phenoxy) is 2. The van der Waals surface area contributed by atoms with E-state index in [9.17, 15) is 4.79 Å². The quantitative estimate of drug-likeness (QED) is 0.500. The fraction of sp³-hybridized carbons (Fsp3) is 0.273. The molecular formula is C22H24N2O3S. The summed E-state index contributed by atoms with van der Waals surface area (Å²) in [7, 11) is 1.57. The highest BCUT2D eigenvalue weighted by molar-refractivity contribution is 7.07. The van der Waals surface area contributed by atoms with Crippen LogP contribution >= 0.6 is 11.3 Å². The van der Waals surface area contributed by atoms with Gasteiger partial charge < -0.3 is 14.4 Å². The fourth-order valence-electron chi connectivity index (χ4n) is 2.81. The van der Waals surface area contributed by atoms with Gasteiger partial charge in [0, 0.05) is 23.2 Å². The monoisotopic (exact) mass is 396 g/mol. The van der Waals surface area contributed by atoms with E-state index in [0.29, 0.717) is 30.2 Å². The topological polar surface area (TPSA) is 51.7 Å². The number of thiazole rings is 1. The highest BCUT2D eigenvalue weighted by Crippen LogP contribution is 2.30. The van der Waals surface area contributed by atoms with E-state index in [2.05, 4.69) is 11.9 Å². The smallest absolute Gasteiger partial charge is 0.258 e. The van der Waals surface area contributed by atoms with Crippen LogP contribution in [0, 0.1) is 0 Å². The average Bonchev–Trinajstić information content (AvgIpc) is 3.26. The van der Waals surface area contributed by atoms with Crippen molar-refractivity contribution in [1.29, 1.82) is 0 Å². The molecule has 0 unspecified atom stereocenters. The third-order valence-electron chi connectivity index (χ3n) is 4.32. The lowest BCUT2D eigenvalue weighted by Crippen LogP contribution is -2.31. The summed E-state index contributed by atoms with van der Waals surface area (Å²) in [4.78, 5) is 19.2. The Labute approximate surface area is 169 Å². The van der Waals surface area contributed by atoms with E-state index in [4.69, 9.17) is 9.47 Å². The maximum absolute atomic E-state index is 13.2. The van der Waals surface area contributed by atoms with Gasteiger partial charge in [-0.05, 0) is 36.8 Å². The van der Waals surface area contributed by atoms with Crippen LogP contribution in [0.2, 0.25) is 0 Å². The van der Waals surface area contributed by atoms with Crippen molar-refractivity contribution in [3.05, 3.63) is 70.7 Å². The first kappa shape index (κ1) is 19.9. The number of amides is 1. The first-order valence-corrected chi connectivity index (χ1v) is 10.2. The van der Waals surface area contributed by atoms with E-state index < -0.39 is 0 Å². The second-order valence-corrected chi connectivity index (χ2v) is 7.00. The van der Waals surface area contributed by atoms with Gasteiger partial charge >= 0.3 is 0 Å². The third-order valence-corrected chi connectivity index (χ3v) is 4.95. The van der Waals surface area contributed by atoms with E-state index in [1.54, 1.807) is 30.8 Å². The molecule has 0 saturated heterocycles. The minimum absolute atomic E-state index is 0.0519. The Bertz CT molecular complexity index is 882. The summed E-state index contributed by atoms with van der Waals surface area (Å²) in [5.41, 5.74) is 4.09. The number of nitrogens with zero attached hydrogens (tertiary/aromatic N) is 2. The van der Waals surface area contributed by atoms with Gasteiger partial charge in [-0.15, -0.1) is 11.3 Å². The van der Waals surface area contributed by atoms with Crippen LogP contribution in [0.1, 0.15) is 35.8 Å². The first-order valence-electron chi connectivity index (χ1n) is 9.27. The average molecular weight is 397 g/mol. The molecule has 0 bridgehead atoms. The zero-order valence-electron chi connectivity index (χ0n) is 16.1. The summed E-state index contributed by atoms with van der Waals surface area (Å²) in [6.07, 6.45) is 1.95. The van der Waals surface area contributed by atoms with Gasteiger partial charge in [0.25, 0.3) is 5.91 Å². The molecule has 3 rings (SSSR count). The van der Waals surface area contributed by atoms with Crippen LogP contribution in [-0.2, 0) is 6.61 Å². The molecule has 0 spiro atoms. The number of benzene rings is 2. The number of carbonyl (C=O) groups is 1. The van der Waals surface area contributed by atoms with Crippen molar-refractivity contribution in [3.8, 4) is 11.5 Å². The largest absolute Gasteiger partial charge is 0.493 e. The van der Waals surface area contributed by atoms with E-state index >= 15 is 0 Å². The molecule has 6 heteroatoms. The standard InChI is InChI=1S/C22H24N2O3S/c1-3-4-12-24(19-8-6-5-7-9-19)22(25)17-10-11-20(21(13-17)26-2)27-14-18-15-28-16-23-18/h5-11,13,15-16H,3-4,12,14H2,1-2H3. The molecule has 0 saturated carbocycles. The van der Waals surface area contributed by atoms with Crippen LogP contribution in [0.3, 0.4) is 0 Å². The zero-order valence-corrected chi connectivity index (χ0v) is 16.9. The molecule has 1 aromatic heterocycles. The maximum atomic E-state index is 13.2. The molecule has 0 aliphatic heterocycles. The first-order chi connectivity index (χ1) is 13.7. The van der Waals surface area contributed by atoms with Gasteiger partial charge in [-0.25, -0.2) is 4.98 Å². The Kier molecular flexibility index (Phi) is 7.03. The summed E-state index contributed by atoms with van der Waals surface area (Å²) < 4.78 is 11.3. The van der Waals surface area contributed by atoms with Crippen molar-refractivity contribution in [2.75, 3.05) is 18.6 Å². The predicted molar refractivity (Wildman–Crippen MR) is 112 cm³/mol. The predicted octanol–water partition coefficient (Wildman–Crippen LogP) is 5.18. The number of carbonyl (C=O) groups excluding carboxylic acids is 1. The summed E-state index contributed by atoms with van der Waals surface area (Å²) in [5.74, 6) is 1.07. The second kappa shape index (κ2) is 9.90. The minimum atomic E-state index is -0.0519. The Morgan fingerprint density at radius 1 is 1.14 bits per heavy atom. The lowest BCUT2D eigenvalue weighted by Gasteiger charge is -2.23. The zero-order chi connectivity index (χ0) is 19.8. The van der Waals surface area contributed by atoms with Gasteiger partial charge in [0.1, 0.15) is 6.61 Å². The van der Waals surface area contributed by atoms with Crippen molar-refractivity contribution >= 4 is 22.9 Å². The normalized spacial score (nSPS) is 10.5. The van der Waals surface area contributed by atoms with Crippen molar-refractivity contribution in [2.24, 2.45) is 0 Å². The molecule has 0 aliphatic carbocycles. The number of hydrogen-bond donors (Lipinski definition) is 0. The number of rotatable bonds is 9. The molecule has 0 N–H and O–H groups in total. The summed E-state index contributed by atoms with van der Waals surface area (Å²) >= 11 is 1.53. The molecule has 0 radical (unpaired) electrons. The van der Waals surface area contributed by atoms with E-state index in [-0.39, 0.29) is 5.91 Å². The molecule has 2 aromatic carbocycles. The number of unbranched alkanes of at least 4 members (excludes halogenated alkanes) is 1. The van der Waals surface area contributed by atoms with Gasteiger partial charge in [0.05, 0.1) is 18.3 Å². The van der Waals surface area contributed by atoms with Crippen molar-refractivity contribution < 1.29 is 14.3 Å². The number of para-hydroxylation sites is 1. The molecule has 3 aromatic rings. The summed E-state index contributed by atoms with van der Waals surface area (Å²) in [5, 5.41) is 1.94. The molecule has 146 valence electrons. The minimum Gasteiger partial charge on any atom is -0.493 e. The lowest BCUT2D eigenvalue weighted by atomic mass is 10.1. The van der Waals surface area contributed by atoms with Crippen LogP contribution in [0.5, 0.6) is 11.5 Å². The van der Waals surface area contributed by atoms with E-state index in [1.165, 1.54) is 11.3 Å². The van der Waals surface area contributed by atoms with Crippen LogP contribution in [0.4, 0.5) is 5.69 Å². The molecule has 5 nitrogen and oxygen atoms in total. The SMILES string of the molecule is CCCCN(C(=O)c1ccc(OCc2cscn2)c(OC)c1)c1ccccc1. The highest BCUT2D eigenvalue weighted by atomic mass is 32.1. The maximum Gasteiger partial charge on any atom is 0.258 e. The molecule has 0 atom stereocenters. The van der Waals surface area contributed by atoms with E-state index in [1.807, 2.05) is 40.6 Å². The highest BCUT2D eigenvalue weighted by Gasteiger charge is 2.19.